The van der Waals surface area contributed by atoms with Crippen LogP contribution in [-0.4, -0.2) is 10.3 Å². The van der Waals surface area contributed by atoms with Crippen molar-refractivity contribution in [1.82, 2.24) is 5.06 Å². The summed E-state index contributed by atoms with van der Waals surface area (Å²) in [7, 11) is 0. The van der Waals surface area contributed by atoms with Gasteiger partial charge in [-0.2, -0.15) is 10.2 Å². The molecule has 0 saturated heterocycles. The van der Waals surface area contributed by atoms with Crippen molar-refractivity contribution >= 4 is 18.0 Å². The summed E-state index contributed by atoms with van der Waals surface area (Å²) >= 11 is 0. The third-order valence-corrected chi connectivity index (χ3v) is 2.53. The van der Waals surface area contributed by atoms with Crippen LogP contribution in [0.4, 0.5) is 0 Å². The average molecular weight is 211 g/mol. The van der Waals surface area contributed by atoms with E-state index in [2.05, 4.69) is 10.2 Å². The number of hydroxylamine groups is 2. The predicted octanol–water partition coefficient (Wildman–Crippen LogP) is 1.19. The summed E-state index contributed by atoms with van der Waals surface area (Å²) < 4.78 is 0. The van der Waals surface area contributed by atoms with Gasteiger partial charge < -0.3 is 0 Å². The number of fused-ring (bicyclic) bond motifs is 1. The van der Waals surface area contributed by atoms with Crippen LogP contribution < -0.4 is 10.4 Å². The first-order valence-corrected chi connectivity index (χ1v) is 4.92. The molecule has 4 heteroatoms. The van der Waals surface area contributed by atoms with Crippen LogP contribution in [0.1, 0.15) is 5.56 Å². The number of rotatable bonds is 0. The molecule has 0 amide bonds. The van der Waals surface area contributed by atoms with Crippen molar-refractivity contribution in [3.8, 4) is 0 Å². The highest BCUT2D eigenvalue weighted by atomic mass is 16.5. The Bertz CT molecular complexity index is 627. The van der Waals surface area contributed by atoms with Gasteiger partial charge in [-0.3, -0.25) is 5.21 Å². The van der Waals surface area contributed by atoms with Crippen molar-refractivity contribution in [1.29, 1.82) is 0 Å². The molecule has 1 aromatic carbocycles. The van der Waals surface area contributed by atoms with Crippen molar-refractivity contribution in [2.24, 2.45) is 10.2 Å². The van der Waals surface area contributed by atoms with E-state index in [1.165, 1.54) is 0 Å². The molecule has 16 heavy (non-hydrogen) atoms. The molecule has 0 atom stereocenters. The summed E-state index contributed by atoms with van der Waals surface area (Å²) in [5.41, 5.74) is 1.92. The van der Waals surface area contributed by atoms with Crippen LogP contribution in [0.2, 0.25) is 0 Å². The van der Waals surface area contributed by atoms with Gasteiger partial charge in [-0.1, -0.05) is 12.1 Å². The summed E-state index contributed by atoms with van der Waals surface area (Å²) in [6, 6.07) is 5.94. The maximum Gasteiger partial charge on any atom is 0.0945 e. The molecule has 2 aliphatic heterocycles. The minimum Gasteiger partial charge on any atom is -0.285 e. The fourth-order valence-electron chi connectivity index (χ4n) is 1.72. The number of hydrogen-bond donors (Lipinski definition) is 1. The SMILES string of the molecule is ON1C=Cc2cc(=C3C=CN=N3)ccc2=C1. The van der Waals surface area contributed by atoms with Gasteiger partial charge in [0.05, 0.1) is 11.9 Å². The maximum absolute atomic E-state index is 9.28. The fourth-order valence-corrected chi connectivity index (χ4v) is 1.72. The Labute approximate surface area is 91.8 Å². The molecule has 0 bridgehead atoms. The molecule has 2 heterocycles. The van der Waals surface area contributed by atoms with Gasteiger partial charge >= 0.3 is 0 Å². The van der Waals surface area contributed by atoms with Gasteiger partial charge in [0.15, 0.2) is 0 Å². The lowest BCUT2D eigenvalue weighted by molar-refractivity contribution is 0.0323. The molecule has 0 radical (unpaired) electrons. The standard InChI is InChI=1S/C12H9N3O/c16-15-6-4-9-7-10(1-2-11(9)8-15)12-3-5-13-14-12/h1-8,16H. The molecule has 1 N–H and O–H groups in total. The molecule has 0 unspecified atom stereocenters. The minimum absolute atomic E-state index is 0.864. The van der Waals surface area contributed by atoms with Crippen LogP contribution in [-0.2, 0) is 0 Å². The highest BCUT2D eigenvalue weighted by Crippen LogP contribution is 2.07. The lowest BCUT2D eigenvalue weighted by Gasteiger charge is -2.10. The first kappa shape index (κ1) is 9.06. The quantitative estimate of drug-likeness (QED) is 0.700. The van der Waals surface area contributed by atoms with Crippen LogP contribution in [0.15, 0.2) is 46.9 Å². The zero-order valence-corrected chi connectivity index (χ0v) is 8.41. The van der Waals surface area contributed by atoms with Gasteiger partial charge in [0, 0.05) is 22.8 Å². The second-order valence-electron chi connectivity index (χ2n) is 3.58. The Morgan fingerprint density at radius 2 is 2.12 bits per heavy atom. The maximum atomic E-state index is 9.28. The topological polar surface area (TPSA) is 48.2 Å². The highest BCUT2D eigenvalue weighted by Gasteiger charge is 2.02. The monoisotopic (exact) mass is 211 g/mol. The Kier molecular flexibility index (Phi) is 1.94. The first-order valence-electron chi connectivity index (χ1n) is 4.92. The zero-order chi connectivity index (χ0) is 11.0. The largest absolute Gasteiger partial charge is 0.285 e. The molecular formula is C12H9N3O. The molecule has 0 spiro atoms. The first-order chi connectivity index (χ1) is 7.83. The summed E-state index contributed by atoms with van der Waals surface area (Å²) in [6.07, 6.45) is 8.66. The van der Waals surface area contributed by atoms with Crippen LogP contribution in [0.3, 0.4) is 0 Å². The third-order valence-electron chi connectivity index (χ3n) is 2.53. The lowest BCUT2D eigenvalue weighted by atomic mass is 10.1. The molecule has 0 fully saturated rings. The summed E-state index contributed by atoms with van der Waals surface area (Å²) in [5, 5.41) is 20.1. The van der Waals surface area contributed by atoms with E-state index >= 15 is 0 Å². The number of azo groups is 1. The summed E-state index contributed by atoms with van der Waals surface area (Å²) in [6.45, 7) is 0. The van der Waals surface area contributed by atoms with Crippen LogP contribution in [0.5, 0.6) is 0 Å². The Balaban J connectivity index is 2.25. The van der Waals surface area contributed by atoms with E-state index in [1.807, 2.05) is 30.4 Å². The van der Waals surface area contributed by atoms with Crippen molar-refractivity contribution in [3.63, 3.8) is 0 Å². The summed E-state index contributed by atoms with van der Waals surface area (Å²) in [5.74, 6) is 0. The Hall–Kier alpha value is -2.20. The number of benzene rings is 1. The van der Waals surface area contributed by atoms with E-state index in [4.69, 9.17) is 0 Å². The third kappa shape index (κ3) is 1.45. The van der Waals surface area contributed by atoms with Gasteiger partial charge in [-0.05, 0) is 23.8 Å². The average Bonchev–Trinajstić information content (AvgIpc) is 2.82. The van der Waals surface area contributed by atoms with E-state index in [1.54, 1.807) is 18.6 Å². The van der Waals surface area contributed by atoms with Gasteiger partial charge in [0.25, 0.3) is 0 Å². The van der Waals surface area contributed by atoms with Gasteiger partial charge in [0.2, 0.25) is 0 Å². The molecule has 0 saturated carbocycles. The molecule has 4 nitrogen and oxygen atoms in total. The molecule has 0 aliphatic carbocycles. The van der Waals surface area contributed by atoms with Crippen LogP contribution in [0.25, 0.3) is 18.0 Å². The van der Waals surface area contributed by atoms with Crippen molar-refractivity contribution < 1.29 is 5.21 Å². The van der Waals surface area contributed by atoms with Crippen molar-refractivity contribution in [2.45, 2.75) is 0 Å². The second kappa shape index (κ2) is 3.43. The molecule has 0 aromatic heterocycles. The minimum atomic E-state index is 0.864. The van der Waals surface area contributed by atoms with E-state index in [9.17, 15) is 5.21 Å². The number of hydrogen-bond acceptors (Lipinski definition) is 4. The molecule has 78 valence electrons. The predicted molar refractivity (Wildman–Crippen MR) is 60.2 cm³/mol. The molecule has 3 rings (SSSR count). The normalized spacial score (nSPS) is 19.9. The molecular weight excluding hydrogens is 202 g/mol. The van der Waals surface area contributed by atoms with Gasteiger partial charge in [-0.15, -0.1) is 0 Å². The van der Waals surface area contributed by atoms with E-state index < -0.39 is 0 Å². The van der Waals surface area contributed by atoms with E-state index in [0.717, 1.165) is 26.8 Å². The summed E-state index contributed by atoms with van der Waals surface area (Å²) in [4.78, 5) is 0. The fraction of sp³-hybridized carbons (Fsp3) is 0. The molecule has 1 aromatic rings. The van der Waals surface area contributed by atoms with Crippen LogP contribution in [0, 0.1) is 0 Å². The highest BCUT2D eigenvalue weighted by molar-refractivity contribution is 5.61. The van der Waals surface area contributed by atoms with Crippen LogP contribution >= 0.6 is 0 Å². The van der Waals surface area contributed by atoms with Gasteiger partial charge in [-0.25, -0.2) is 5.06 Å². The van der Waals surface area contributed by atoms with E-state index in [0.29, 0.717) is 0 Å². The number of nitrogens with zero attached hydrogens (tertiary/aromatic N) is 3. The van der Waals surface area contributed by atoms with Gasteiger partial charge in [0.1, 0.15) is 0 Å². The second-order valence-corrected chi connectivity index (χ2v) is 3.58. The zero-order valence-electron chi connectivity index (χ0n) is 8.41. The van der Waals surface area contributed by atoms with E-state index in [-0.39, 0.29) is 0 Å². The molecule has 2 aliphatic rings. The smallest absolute Gasteiger partial charge is 0.0945 e. The Morgan fingerprint density at radius 3 is 2.94 bits per heavy atom. The van der Waals surface area contributed by atoms with Crippen molar-refractivity contribution in [3.05, 3.63) is 52.7 Å². The Morgan fingerprint density at radius 1 is 1.19 bits per heavy atom. The lowest BCUT2D eigenvalue weighted by Crippen LogP contribution is -2.20. The van der Waals surface area contributed by atoms with Crippen molar-refractivity contribution in [2.75, 3.05) is 0 Å².